The van der Waals surface area contributed by atoms with Crippen molar-refractivity contribution < 1.29 is 32.8 Å². The molecule has 42 heavy (non-hydrogen) atoms. The van der Waals surface area contributed by atoms with Crippen LogP contribution in [-0.2, 0) is 21.2 Å². The van der Waals surface area contributed by atoms with E-state index in [0.717, 1.165) is 54.2 Å². The fourth-order valence-electron chi connectivity index (χ4n) is 5.04. The number of carbonyl (C=O) groups is 2. The molecule has 0 aliphatic heterocycles. The number of sulfonamides is 1. The van der Waals surface area contributed by atoms with Crippen LogP contribution in [0.25, 0.3) is 11.1 Å². The van der Waals surface area contributed by atoms with E-state index in [9.17, 15) is 33.2 Å². The van der Waals surface area contributed by atoms with Crippen LogP contribution in [0.1, 0.15) is 64.8 Å². The van der Waals surface area contributed by atoms with Crippen molar-refractivity contribution in [1.82, 2.24) is 10.0 Å². The molecule has 0 aromatic heterocycles. The summed E-state index contributed by atoms with van der Waals surface area (Å²) in [5.41, 5.74) is 4.38. The molecule has 0 unspecified atom stereocenters. The topological polar surface area (TPSA) is 165 Å². The first-order chi connectivity index (χ1) is 20.0. The highest BCUT2D eigenvalue weighted by Crippen LogP contribution is 2.38. The van der Waals surface area contributed by atoms with Gasteiger partial charge >= 0.3 is 6.09 Å². The van der Waals surface area contributed by atoms with Gasteiger partial charge in [0.1, 0.15) is 0 Å². The van der Waals surface area contributed by atoms with Crippen molar-refractivity contribution in [1.29, 1.82) is 0 Å². The molecule has 12 heteroatoms. The van der Waals surface area contributed by atoms with Crippen LogP contribution < -0.4 is 10.0 Å². The van der Waals surface area contributed by atoms with Crippen molar-refractivity contribution in [2.75, 3.05) is 19.4 Å². The highest BCUT2D eigenvalue weighted by Gasteiger charge is 2.24. The van der Waals surface area contributed by atoms with Crippen molar-refractivity contribution in [2.45, 2.75) is 44.1 Å². The van der Waals surface area contributed by atoms with Crippen LogP contribution in [0.3, 0.4) is 0 Å². The minimum absolute atomic E-state index is 0.0888. The first-order valence-corrected chi connectivity index (χ1v) is 15.5. The van der Waals surface area contributed by atoms with Crippen LogP contribution in [0.15, 0.2) is 66.7 Å². The molecule has 11 nitrogen and oxygen atoms in total. The summed E-state index contributed by atoms with van der Waals surface area (Å²) < 4.78 is 30.5. The molecule has 222 valence electrons. The van der Waals surface area contributed by atoms with Gasteiger partial charge in [0.05, 0.1) is 30.4 Å². The van der Waals surface area contributed by atoms with Crippen molar-refractivity contribution in [3.8, 4) is 11.1 Å². The number of alkyl carbamates (subject to hydrolysis) is 1. The van der Waals surface area contributed by atoms with E-state index in [4.69, 9.17) is 4.74 Å². The number of aliphatic hydroxyl groups excluding tert-OH is 1. The van der Waals surface area contributed by atoms with E-state index in [-0.39, 0.29) is 24.8 Å². The Bertz CT molecular complexity index is 1530. The van der Waals surface area contributed by atoms with E-state index in [2.05, 4.69) is 10.0 Å². The van der Waals surface area contributed by atoms with E-state index in [0.29, 0.717) is 17.5 Å². The maximum absolute atomic E-state index is 12.7. The number of aliphatic hydroxyl groups is 1. The van der Waals surface area contributed by atoms with E-state index >= 15 is 0 Å². The molecular weight excluding hydrogens is 562 g/mol. The number of ether oxygens (including phenoxy) is 1. The van der Waals surface area contributed by atoms with Gasteiger partial charge in [0.25, 0.3) is 11.6 Å². The second-order valence-electron chi connectivity index (χ2n) is 10.3. The normalized spacial score (nSPS) is 14.2. The summed E-state index contributed by atoms with van der Waals surface area (Å²) >= 11 is 0. The summed E-state index contributed by atoms with van der Waals surface area (Å²) in [4.78, 5) is 35.0. The zero-order chi connectivity index (χ0) is 30.3. The van der Waals surface area contributed by atoms with Crippen LogP contribution in [0.5, 0.6) is 0 Å². The Morgan fingerprint density at radius 3 is 2.29 bits per heavy atom. The van der Waals surface area contributed by atoms with Crippen LogP contribution >= 0.6 is 0 Å². The summed E-state index contributed by atoms with van der Waals surface area (Å²) in [6.07, 6.45) is 3.74. The minimum Gasteiger partial charge on any atom is -0.449 e. The van der Waals surface area contributed by atoms with Crippen molar-refractivity contribution >= 4 is 27.7 Å². The number of non-ortho nitro benzene ring substituents is 1. The van der Waals surface area contributed by atoms with Crippen LogP contribution in [-0.4, -0.2) is 49.9 Å². The number of amides is 2. The predicted octanol–water partition coefficient (Wildman–Crippen LogP) is 4.61. The van der Waals surface area contributed by atoms with Gasteiger partial charge in [-0.15, -0.1) is 0 Å². The molecule has 0 heterocycles. The second-order valence-corrected chi connectivity index (χ2v) is 12.1. The van der Waals surface area contributed by atoms with E-state index in [1.54, 1.807) is 6.07 Å². The molecule has 3 aromatic carbocycles. The molecular formula is C30H33N3O8S. The predicted molar refractivity (Wildman–Crippen MR) is 157 cm³/mol. The Kier molecular flexibility index (Phi) is 9.92. The first-order valence-electron chi connectivity index (χ1n) is 13.6. The monoisotopic (exact) mass is 595 g/mol. The Balaban J connectivity index is 1.31. The summed E-state index contributed by atoms with van der Waals surface area (Å²) in [5.74, 6) is -0.422. The highest BCUT2D eigenvalue weighted by atomic mass is 32.2. The number of hydrogen-bond acceptors (Lipinski definition) is 8. The number of hydrogen-bond donors (Lipinski definition) is 3. The van der Waals surface area contributed by atoms with Gasteiger partial charge < -0.3 is 15.2 Å². The Morgan fingerprint density at radius 2 is 1.67 bits per heavy atom. The quantitative estimate of drug-likeness (QED) is 0.214. The van der Waals surface area contributed by atoms with Gasteiger partial charge in [-0.2, -0.15) is 0 Å². The van der Waals surface area contributed by atoms with Gasteiger partial charge in [-0.3, -0.25) is 14.9 Å². The molecule has 1 aliphatic carbocycles. The lowest BCUT2D eigenvalue weighted by Crippen LogP contribution is -2.30. The molecule has 0 radical (unpaired) electrons. The van der Waals surface area contributed by atoms with Gasteiger partial charge in [-0.25, -0.2) is 17.9 Å². The second kappa shape index (κ2) is 13.6. The SMILES string of the molecule is CS(=O)(=O)NC(=O)c1ccc(-c2ccc(CCOC(=O)NC[C@H](O)c3ccc([N+](=O)[O-])cc3)cc2)cc1C1CCCC1. The molecule has 4 rings (SSSR count). The van der Waals surface area contributed by atoms with E-state index in [1.807, 2.05) is 36.4 Å². The average molecular weight is 596 g/mol. The third-order valence-electron chi connectivity index (χ3n) is 7.21. The van der Waals surface area contributed by atoms with Crippen LogP contribution in [0.4, 0.5) is 10.5 Å². The van der Waals surface area contributed by atoms with Gasteiger partial charge in [-0.05, 0) is 64.8 Å². The first kappa shape index (κ1) is 30.7. The number of nitro benzene ring substituents is 1. The maximum atomic E-state index is 12.7. The Morgan fingerprint density at radius 1 is 1.02 bits per heavy atom. The van der Waals surface area contributed by atoms with Gasteiger partial charge in [-0.1, -0.05) is 49.2 Å². The summed E-state index contributed by atoms with van der Waals surface area (Å²) in [6.45, 7) is 0.0116. The lowest BCUT2D eigenvalue weighted by Gasteiger charge is -2.17. The lowest BCUT2D eigenvalue weighted by atomic mass is 9.89. The van der Waals surface area contributed by atoms with Gasteiger partial charge in [0.2, 0.25) is 10.0 Å². The fraction of sp³-hybridized carbons (Fsp3) is 0.333. The number of nitrogens with one attached hydrogen (secondary N) is 2. The lowest BCUT2D eigenvalue weighted by molar-refractivity contribution is -0.384. The molecule has 1 aliphatic rings. The van der Waals surface area contributed by atoms with Crippen LogP contribution in [0, 0.1) is 10.1 Å². The minimum atomic E-state index is -3.68. The number of benzene rings is 3. The van der Waals surface area contributed by atoms with Crippen LogP contribution in [0.2, 0.25) is 0 Å². The Hall–Kier alpha value is -4.29. The highest BCUT2D eigenvalue weighted by molar-refractivity contribution is 7.89. The van der Waals surface area contributed by atoms with Gasteiger partial charge in [0.15, 0.2) is 0 Å². The molecule has 1 fully saturated rings. The molecule has 3 N–H and O–H groups in total. The fourth-order valence-corrected chi connectivity index (χ4v) is 5.49. The van der Waals surface area contributed by atoms with E-state index in [1.165, 1.54) is 24.3 Å². The van der Waals surface area contributed by atoms with Gasteiger partial charge in [0, 0.05) is 24.1 Å². The van der Waals surface area contributed by atoms with Crippen molar-refractivity contribution in [2.24, 2.45) is 0 Å². The average Bonchev–Trinajstić information content (AvgIpc) is 3.50. The van der Waals surface area contributed by atoms with Crippen molar-refractivity contribution in [3.63, 3.8) is 0 Å². The molecule has 1 saturated carbocycles. The maximum Gasteiger partial charge on any atom is 0.407 e. The smallest absolute Gasteiger partial charge is 0.407 e. The molecule has 0 spiro atoms. The summed E-state index contributed by atoms with van der Waals surface area (Å²) in [5, 5.41) is 23.4. The standard InChI is InChI=1S/C30H33N3O8S/c1-42(39,40)32-29(35)26-15-12-24(18-27(26)22-4-2-3-5-22)21-8-6-20(7-9-21)16-17-41-30(36)31-19-28(34)23-10-13-25(14-11-23)33(37)38/h6-15,18,22,28,34H,2-5,16-17,19H2,1H3,(H,31,36)(H,32,35)/t28-/m0/s1. The number of nitro groups is 1. The molecule has 1 atom stereocenters. The summed E-state index contributed by atoms with van der Waals surface area (Å²) in [7, 11) is -3.68. The van der Waals surface area contributed by atoms with E-state index < -0.39 is 33.1 Å². The molecule has 0 bridgehead atoms. The number of nitrogens with zero attached hydrogens (tertiary/aromatic N) is 1. The summed E-state index contributed by atoms with van der Waals surface area (Å²) in [6, 6.07) is 18.6. The molecule has 0 saturated heterocycles. The third-order valence-corrected chi connectivity index (χ3v) is 7.77. The Labute approximate surface area is 244 Å². The third kappa shape index (κ3) is 8.37. The van der Waals surface area contributed by atoms with Crippen molar-refractivity contribution in [3.05, 3.63) is 99.1 Å². The zero-order valence-electron chi connectivity index (χ0n) is 23.1. The molecule has 2 amide bonds. The number of rotatable bonds is 11. The zero-order valence-corrected chi connectivity index (χ0v) is 23.9. The largest absolute Gasteiger partial charge is 0.449 e. The number of carbonyl (C=O) groups excluding carboxylic acids is 2. The molecule has 3 aromatic rings.